The second-order valence-electron chi connectivity index (χ2n) is 5.06. The van der Waals surface area contributed by atoms with Crippen molar-refractivity contribution in [2.75, 3.05) is 0 Å². The highest BCUT2D eigenvalue weighted by molar-refractivity contribution is 5.32. The summed E-state index contributed by atoms with van der Waals surface area (Å²) in [5, 5.41) is 20.6. The summed E-state index contributed by atoms with van der Waals surface area (Å²) in [5.74, 6) is 0. The second kappa shape index (κ2) is 4.19. The maximum absolute atomic E-state index is 10.3. The van der Waals surface area contributed by atoms with Crippen molar-refractivity contribution >= 4 is 0 Å². The van der Waals surface area contributed by atoms with Crippen molar-refractivity contribution in [2.45, 2.75) is 51.2 Å². The minimum absolute atomic E-state index is 0.709. The van der Waals surface area contributed by atoms with E-state index in [9.17, 15) is 10.2 Å². The SMILES string of the molecule is Cc1ccc(C(O)C2(O)CCCC2)cc1C. The maximum atomic E-state index is 10.3. The predicted octanol–water partition coefficient (Wildman–Crippen LogP) is 2.64. The summed E-state index contributed by atoms with van der Waals surface area (Å²) in [4.78, 5) is 0. The topological polar surface area (TPSA) is 40.5 Å². The fourth-order valence-electron chi connectivity index (χ4n) is 2.51. The van der Waals surface area contributed by atoms with Crippen molar-refractivity contribution in [3.63, 3.8) is 0 Å². The van der Waals surface area contributed by atoms with E-state index in [4.69, 9.17) is 0 Å². The summed E-state index contributed by atoms with van der Waals surface area (Å²) in [7, 11) is 0. The van der Waals surface area contributed by atoms with Crippen LogP contribution < -0.4 is 0 Å². The summed E-state index contributed by atoms with van der Waals surface area (Å²) in [6.07, 6.45) is 2.70. The molecule has 1 saturated carbocycles. The van der Waals surface area contributed by atoms with Crippen LogP contribution in [0.3, 0.4) is 0 Å². The molecule has 2 nitrogen and oxygen atoms in total. The molecule has 2 heteroatoms. The molecule has 1 aliphatic carbocycles. The number of hydrogen-bond donors (Lipinski definition) is 2. The van der Waals surface area contributed by atoms with E-state index in [-0.39, 0.29) is 0 Å². The molecule has 0 spiro atoms. The number of benzene rings is 1. The molecule has 0 bridgehead atoms. The van der Waals surface area contributed by atoms with Crippen LogP contribution in [0.1, 0.15) is 48.5 Å². The van der Waals surface area contributed by atoms with E-state index in [0.29, 0.717) is 12.8 Å². The molecule has 0 aromatic heterocycles. The third-order valence-electron chi connectivity index (χ3n) is 3.83. The third kappa shape index (κ3) is 2.00. The van der Waals surface area contributed by atoms with Gasteiger partial charge in [0.15, 0.2) is 0 Å². The smallest absolute Gasteiger partial charge is 0.108 e. The van der Waals surface area contributed by atoms with Crippen molar-refractivity contribution < 1.29 is 10.2 Å². The third-order valence-corrected chi connectivity index (χ3v) is 3.83. The van der Waals surface area contributed by atoms with Crippen LogP contribution in [0.25, 0.3) is 0 Å². The quantitative estimate of drug-likeness (QED) is 0.804. The molecular weight excluding hydrogens is 200 g/mol. The maximum Gasteiger partial charge on any atom is 0.108 e. The van der Waals surface area contributed by atoms with E-state index in [1.807, 2.05) is 25.1 Å². The van der Waals surface area contributed by atoms with Gasteiger partial charge in [0.05, 0.1) is 5.60 Å². The molecule has 2 rings (SSSR count). The number of aliphatic hydroxyl groups excluding tert-OH is 1. The lowest BCUT2D eigenvalue weighted by Crippen LogP contribution is -2.32. The summed E-state index contributed by atoms with van der Waals surface area (Å²) in [5.41, 5.74) is 2.32. The average molecular weight is 220 g/mol. The van der Waals surface area contributed by atoms with Gasteiger partial charge >= 0.3 is 0 Å². The highest BCUT2D eigenvalue weighted by Gasteiger charge is 2.39. The fraction of sp³-hybridized carbons (Fsp3) is 0.571. The van der Waals surface area contributed by atoms with Crippen LogP contribution >= 0.6 is 0 Å². The molecule has 16 heavy (non-hydrogen) atoms. The van der Waals surface area contributed by atoms with Gasteiger partial charge < -0.3 is 10.2 Å². The molecule has 0 amide bonds. The minimum Gasteiger partial charge on any atom is -0.387 e. The van der Waals surface area contributed by atoms with Crippen LogP contribution in [0, 0.1) is 13.8 Å². The van der Waals surface area contributed by atoms with E-state index in [2.05, 4.69) is 6.92 Å². The Morgan fingerprint density at radius 3 is 2.31 bits per heavy atom. The summed E-state index contributed by atoms with van der Waals surface area (Å²) < 4.78 is 0. The zero-order valence-electron chi connectivity index (χ0n) is 10.0. The monoisotopic (exact) mass is 220 g/mol. The van der Waals surface area contributed by atoms with E-state index in [1.165, 1.54) is 5.56 Å². The number of aliphatic hydroxyl groups is 2. The van der Waals surface area contributed by atoms with Gasteiger partial charge in [-0.15, -0.1) is 0 Å². The Bertz CT molecular complexity index is 378. The van der Waals surface area contributed by atoms with Crippen molar-refractivity contribution in [1.82, 2.24) is 0 Å². The van der Waals surface area contributed by atoms with Crippen LogP contribution in [-0.2, 0) is 0 Å². The van der Waals surface area contributed by atoms with Crippen LogP contribution in [0.5, 0.6) is 0 Å². The average Bonchev–Trinajstić information content (AvgIpc) is 2.70. The van der Waals surface area contributed by atoms with E-state index >= 15 is 0 Å². The highest BCUT2D eigenvalue weighted by Crippen LogP contribution is 2.39. The van der Waals surface area contributed by atoms with Crippen molar-refractivity contribution in [3.05, 3.63) is 34.9 Å². The van der Waals surface area contributed by atoms with Gasteiger partial charge in [0.2, 0.25) is 0 Å². The van der Waals surface area contributed by atoms with E-state index in [1.54, 1.807) is 0 Å². The molecular formula is C14H20O2. The Kier molecular flexibility index (Phi) is 3.04. The molecule has 1 aromatic carbocycles. The Hall–Kier alpha value is -0.860. The van der Waals surface area contributed by atoms with E-state index < -0.39 is 11.7 Å². The highest BCUT2D eigenvalue weighted by atomic mass is 16.3. The molecule has 1 unspecified atom stereocenters. The molecule has 0 heterocycles. The number of hydrogen-bond acceptors (Lipinski definition) is 2. The molecule has 88 valence electrons. The first-order chi connectivity index (χ1) is 7.53. The molecule has 1 atom stereocenters. The van der Waals surface area contributed by atoms with Gasteiger partial charge in [-0.1, -0.05) is 31.0 Å². The summed E-state index contributed by atoms with van der Waals surface area (Å²) in [6.45, 7) is 4.08. The van der Waals surface area contributed by atoms with Gasteiger partial charge in [0.1, 0.15) is 6.10 Å². The van der Waals surface area contributed by atoms with Crippen molar-refractivity contribution in [2.24, 2.45) is 0 Å². The van der Waals surface area contributed by atoms with Crippen LogP contribution in [0.2, 0.25) is 0 Å². The number of rotatable bonds is 2. The lowest BCUT2D eigenvalue weighted by atomic mass is 9.88. The fourth-order valence-corrected chi connectivity index (χ4v) is 2.51. The van der Waals surface area contributed by atoms with Crippen LogP contribution in [0.4, 0.5) is 0 Å². The first kappa shape index (κ1) is 11.6. The van der Waals surface area contributed by atoms with Crippen molar-refractivity contribution in [3.8, 4) is 0 Å². The zero-order valence-corrected chi connectivity index (χ0v) is 10.0. The number of aryl methyl sites for hydroxylation is 2. The first-order valence-corrected chi connectivity index (χ1v) is 6.00. The Labute approximate surface area is 96.9 Å². The zero-order chi connectivity index (χ0) is 11.8. The lowest BCUT2D eigenvalue weighted by Gasteiger charge is -2.29. The molecule has 1 aromatic rings. The first-order valence-electron chi connectivity index (χ1n) is 6.00. The van der Waals surface area contributed by atoms with Gasteiger partial charge in [-0.3, -0.25) is 0 Å². The Morgan fingerprint density at radius 2 is 1.75 bits per heavy atom. The normalized spacial score (nSPS) is 21.0. The molecule has 1 aliphatic rings. The largest absolute Gasteiger partial charge is 0.387 e. The van der Waals surface area contributed by atoms with Crippen LogP contribution in [-0.4, -0.2) is 15.8 Å². The van der Waals surface area contributed by atoms with Crippen LogP contribution in [0.15, 0.2) is 18.2 Å². The summed E-state index contributed by atoms with van der Waals surface area (Å²) >= 11 is 0. The van der Waals surface area contributed by atoms with Gasteiger partial charge in [-0.2, -0.15) is 0 Å². The lowest BCUT2D eigenvalue weighted by molar-refractivity contribution is -0.0719. The van der Waals surface area contributed by atoms with Gasteiger partial charge in [0.25, 0.3) is 0 Å². The van der Waals surface area contributed by atoms with Gasteiger partial charge in [0, 0.05) is 0 Å². The van der Waals surface area contributed by atoms with E-state index in [0.717, 1.165) is 24.0 Å². The predicted molar refractivity (Wildman–Crippen MR) is 64.3 cm³/mol. The summed E-state index contributed by atoms with van der Waals surface area (Å²) in [6, 6.07) is 5.91. The van der Waals surface area contributed by atoms with Crippen molar-refractivity contribution in [1.29, 1.82) is 0 Å². The molecule has 0 radical (unpaired) electrons. The Morgan fingerprint density at radius 1 is 1.12 bits per heavy atom. The molecule has 0 saturated heterocycles. The van der Waals surface area contributed by atoms with Gasteiger partial charge in [-0.25, -0.2) is 0 Å². The second-order valence-corrected chi connectivity index (χ2v) is 5.06. The molecule has 1 fully saturated rings. The molecule has 0 aliphatic heterocycles. The minimum atomic E-state index is -0.901. The standard InChI is InChI=1S/C14H20O2/c1-10-5-6-12(9-11(10)2)13(15)14(16)7-3-4-8-14/h5-6,9,13,15-16H,3-4,7-8H2,1-2H3. The molecule has 2 N–H and O–H groups in total. The van der Waals surface area contributed by atoms with Gasteiger partial charge in [-0.05, 0) is 43.4 Å². The Balaban J connectivity index is 2.26.